The van der Waals surface area contributed by atoms with E-state index in [0.717, 1.165) is 37.4 Å². The first-order valence-electron chi connectivity index (χ1n) is 9.51. The summed E-state index contributed by atoms with van der Waals surface area (Å²) in [6.07, 6.45) is 1.10. The molecule has 0 saturated carbocycles. The van der Waals surface area contributed by atoms with Gasteiger partial charge in [-0.05, 0) is 47.7 Å². The molecule has 2 aromatic carbocycles. The fraction of sp³-hybridized carbons (Fsp3) is 0.227. The van der Waals surface area contributed by atoms with Crippen molar-refractivity contribution in [1.82, 2.24) is 10.2 Å². The van der Waals surface area contributed by atoms with Gasteiger partial charge >= 0.3 is 6.03 Å². The topological polar surface area (TPSA) is 44.8 Å². The number of para-hydroxylation sites is 4. The van der Waals surface area contributed by atoms with Gasteiger partial charge in [-0.1, -0.05) is 24.3 Å². The average Bonchev–Trinajstić information content (AvgIpc) is 3.19. The Morgan fingerprint density at radius 1 is 1.04 bits per heavy atom. The van der Waals surface area contributed by atoms with Crippen LogP contribution < -0.4 is 15.0 Å². The lowest BCUT2D eigenvalue weighted by Crippen LogP contribution is -2.42. The molecule has 0 fully saturated rings. The second kappa shape index (κ2) is 7.30. The van der Waals surface area contributed by atoms with Crippen molar-refractivity contribution >= 4 is 28.7 Å². The van der Waals surface area contributed by atoms with Crippen LogP contribution in [0.5, 0.6) is 11.5 Å². The van der Waals surface area contributed by atoms with Gasteiger partial charge in [0.15, 0.2) is 11.5 Å². The smallest absolute Gasteiger partial charge is 0.326 e. The highest BCUT2D eigenvalue weighted by Crippen LogP contribution is 2.46. The van der Waals surface area contributed by atoms with Gasteiger partial charge in [0.05, 0.1) is 11.4 Å². The molecular formula is C22H21N3O2S. The molecule has 0 saturated heterocycles. The number of rotatable bonds is 3. The largest absolute Gasteiger partial charge is 0.453 e. The highest BCUT2D eigenvalue weighted by molar-refractivity contribution is 7.10. The Labute approximate surface area is 168 Å². The molecule has 6 heteroatoms. The quantitative estimate of drug-likeness (QED) is 0.700. The van der Waals surface area contributed by atoms with E-state index < -0.39 is 0 Å². The summed E-state index contributed by atoms with van der Waals surface area (Å²) in [5, 5.41) is 5.26. The van der Waals surface area contributed by atoms with Crippen molar-refractivity contribution in [2.45, 2.75) is 13.0 Å². The summed E-state index contributed by atoms with van der Waals surface area (Å²) in [4.78, 5) is 18.7. The number of nitrogens with zero attached hydrogens (tertiary/aromatic N) is 2. The van der Waals surface area contributed by atoms with Crippen LogP contribution in [0.4, 0.5) is 16.2 Å². The zero-order valence-electron chi connectivity index (χ0n) is 15.4. The maximum Gasteiger partial charge on any atom is 0.326 e. The minimum Gasteiger partial charge on any atom is -0.453 e. The predicted octanol–water partition coefficient (Wildman–Crippen LogP) is 4.76. The van der Waals surface area contributed by atoms with Crippen LogP contribution in [0.3, 0.4) is 0 Å². The third-order valence-electron chi connectivity index (χ3n) is 5.23. The van der Waals surface area contributed by atoms with Gasteiger partial charge in [-0.25, -0.2) is 4.79 Å². The van der Waals surface area contributed by atoms with Crippen molar-refractivity contribution in [3.8, 4) is 11.5 Å². The number of benzene rings is 2. The average molecular weight is 391 g/mol. The third-order valence-corrected chi connectivity index (χ3v) is 6.25. The Morgan fingerprint density at radius 3 is 2.50 bits per heavy atom. The van der Waals surface area contributed by atoms with Crippen molar-refractivity contribution in [1.29, 1.82) is 0 Å². The van der Waals surface area contributed by atoms with Crippen molar-refractivity contribution in [2.24, 2.45) is 0 Å². The van der Waals surface area contributed by atoms with E-state index in [1.807, 2.05) is 59.9 Å². The number of thiophene rings is 1. The Balaban J connectivity index is 1.28. The normalized spacial score (nSPS) is 15.2. The first-order chi connectivity index (χ1) is 13.8. The number of amides is 2. The zero-order valence-corrected chi connectivity index (χ0v) is 16.2. The summed E-state index contributed by atoms with van der Waals surface area (Å²) in [5.74, 6) is 1.38. The van der Waals surface area contributed by atoms with Crippen LogP contribution >= 0.6 is 11.3 Å². The van der Waals surface area contributed by atoms with Gasteiger partial charge in [-0.3, -0.25) is 9.80 Å². The molecule has 0 atom stereocenters. The number of urea groups is 1. The second-order valence-electron chi connectivity index (χ2n) is 7.00. The number of hydrogen-bond acceptors (Lipinski definition) is 4. The van der Waals surface area contributed by atoms with Crippen LogP contribution in [0, 0.1) is 0 Å². The Kier molecular flexibility index (Phi) is 4.50. The molecule has 1 aromatic heterocycles. The van der Waals surface area contributed by atoms with Gasteiger partial charge in [-0.2, -0.15) is 0 Å². The Hall–Kier alpha value is -2.83. The van der Waals surface area contributed by atoms with Crippen molar-refractivity contribution in [2.75, 3.05) is 24.5 Å². The predicted molar refractivity (Wildman–Crippen MR) is 112 cm³/mol. The minimum atomic E-state index is -0.128. The summed E-state index contributed by atoms with van der Waals surface area (Å²) in [7, 11) is 0. The number of hydrogen-bond donors (Lipinski definition) is 1. The van der Waals surface area contributed by atoms with Crippen LogP contribution in [-0.4, -0.2) is 30.6 Å². The maximum absolute atomic E-state index is 13.1. The van der Waals surface area contributed by atoms with Gasteiger partial charge in [-0.15, -0.1) is 11.3 Å². The van der Waals surface area contributed by atoms with E-state index in [0.29, 0.717) is 18.0 Å². The number of fused-ring (bicyclic) bond motifs is 3. The number of nitrogens with one attached hydrogen (secondary N) is 1. The zero-order chi connectivity index (χ0) is 18.9. The molecule has 5 rings (SSSR count). The molecule has 3 heterocycles. The summed E-state index contributed by atoms with van der Waals surface area (Å²) >= 11 is 1.85. The van der Waals surface area contributed by atoms with Gasteiger partial charge < -0.3 is 10.1 Å². The molecule has 2 aliphatic rings. The molecule has 0 unspecified atom stereocenters. The molecule has 0 spiro atoms. The number of carbonyl (C=O) groups is 1. The molecule has 1 N–H and O–H groups in total. The first kappa shape index (κ1) is 17.3. The molecule has 0 radical (unpaired) electrons. The lowest BCUT2D eigenvalue weighted by molar-refractivity contribution is 0.236. The van der Waals surface area contributed by atoms with E-state index in [9.17, 15) is 4.79 Å². The first-order valence-corrected chi connectivity index (χ1v) is 10.4. The van der Waals surface area contributed by atoms with E-state index in [1.54, 1.807) is 4.90 Å². The fourth-order valence-corrected chi connectivity index (χ4v) is 4.71. The highest BCUT2D eigenvalue weighted by Gasteiger charge is 2.28. The summed E-state index contributed by atoms with van der Waals surface area (Å²) in [6, 6.07) is 17.3. The molecule has 0 bridgehead atoms. The Morgan fingerprint density at radius 2 is 1.75 bits per heavy atom. The standard InChI is InChI=1S/C22H21N3O2S/c26-22(23-11-13-24-12-9-21-16(15-24)10-14-28-21)25-17-5-1-3-7-19(17)27-20-8-4-2-6-18(20)25/h1-8,10,14H,9,11-13,15H2,(H,23,26). The lowest BCUT2D eigenvalue weighted by Gasteiger charge is -2.31. The number of ether oxygens (including phenoxy) is 1. The van der Waals surface area contributed by atoms with E-state index in [1.165, 1.54) is 10.4 Å². The van der Waals surface area contributed by atoms with Crippen LogP contribution in [0.2, 0.25) is 0 Å². The molecule has 28 heavy (non-hydrogen) atoms. The van der Waals surface area contributed by atoms with Crippen LogP contribution in [-0.2, 0) is 13.0 Å². The van der Waals surface area contributed by atoms with Gasteiger partial charge in [0.1, 0.15) is 0 Å². The molecule has 2 amide bonds. The minimum absolute atomic E-state index is 0.128. The third kappa shape index (κ3) is 3.15. The number of carbonyl (C=O) groups excluding carboxylic acids is 1. The van der Waals surface area contributed by atoms with Crippen LogP contribution in [0.1, 0.15) is 10.4 Å². The van der Waals surface area contributed by atoms with Gasteiger partial charge in [0.2, 0.25) is 0 Å². The van der Waals surface area contributed by atoms with Crippen LogP contribution in [0.25, 0.3) is 0 Å². The number of anilines is 2. The lowest BCUT2D eigenvalue weighted by atomic mass is 10.1. The second-order valence-corrected chi connectivity index (χ2v) is 8.00. The van der Waals surface area contributed by atoms with E-state index >= 15 is 0 Å². The SMILES string of the molecule is O=C(NCCN1CCc2sccc2C1)N1c2ccccc2Oc2ccccc21. The molecule has 0 aliphatic carbocycles. The molecule has 2 aliphatic heterocycles. The van der Waals surface area contributed by atoms with Crippen molar-refractivity contribution in [3.05, 3.63) is 70.4 Å². The molecular weight excluding hydrogens is 370 g/mol. The van der Waals surface area contributed by atoms with Crippen molar-refractivity contribution < 1.29 is 9.53 Å². The molecule has 3 aromatic rings. The molecule has 5 nitrogen and oxygen atoms in total. The van der Waals surface area contributed by atoms with E-state index in [-0.39, 0.29) is 6.03 Å². The summed E-state index contributed by atoms with van der Waals surface area (Å²) in [5.41, 5.74) is 2.96. The van der Waals surface area contributed by atoms with E-state index in [4.69, 9.17) is 4.74 Å². The monoisotopic (exact) mass is 391 g/mol. The van der Waals surface area contributed by atoms with Crippen LogP contribution in [0.15, 0.2) is 60.0 Å². The highest BCUT2D eigenvalue weighted by atomic mass is 32.1. The summed E-state index contributed by atoms with van der Waals surface area (Å²) < 4.78 is 5.95. The van der Waals surface area contributed by atoms with Gasteiger partial charge in [0, 0.05) is 31.1 Å². The maximum atomic E-state index is 13.1. The fourth-order valence-electron chi connectivity index (χ4n) is 3.82. The summed E-state index contributed by atoms with van der Waals surface area (Å²) in [6.45, 7) is 3.47. The molecule has 142 valence electrons. The Bertz CT molecular complexity index is 971. The van der Waals surface area contributed by atoms with E-state index in [2.05, 4.69) is 21.7 Å². The van der Waals surface area contributed by atoms with Crippen molar-refractivity contribution in [3.63, 3.8) is 0 Å². The van der Waals surface area contributed by atoms with Gasteiger partial charge in [0.25, 0.3) is 0 Å².